The minimum Gasteiger partial charge on any atom is -0.574 e. The largest absolute Gasteiger partial charge is 0.574 e. The standard InChI is InChI=1S/2C8H6Cl2O3.Ni/c2*9-5-1-2-7(6(10)3-5)13-4-8(11)12;/h2*1-3H,4H2,(H,11,12);/p+2. The Balaban J connectivity index is 0.000000483. The second-order valence-electron chi connectivity index (χ2n) is 4.61. The van der Waals surface area contributed by atoms with Crippen molar-refractivity contribution in [3.05, 3.63) is 56.5 Å². The van der Waals surface area contributed by atoms with Crippen molar-refractivity contribution >= 4 is 58.3 Å². The van der Waals surface area contributed by atoms with E-state index in [9.17, 15) is 9.59 Å². The van der Waals surface area contributed by atoms with Gasteiger partial charge in [-0.05, 0) is 24.3 Å². The minimum absolute atomic E-state index is 0. The summed E-state index contributed by atoms with van der Waals surface area (Å²) >= 11 is 22.8. The molecular formula is C16H14Cl4NiO6+2. The summed E-state index contributed by atoms with van der Waals surface area (Å²) in [6, 6.07) is 9.40. The average Bonchev–Trinajstić information content (AvgIpc) is 2.53. The number of carboxylic acid groups (broad SMARTS) is 2. The number of benzene rings is 2. The van der Waals surface area contributed by atoms with Crippen LogP contribution in [0.15, 0.2) is 36.4 Å². The maximum absolute atomic E-state index is 10.2. The Morgan fingerprint density at radius 3 is 1.33 bits per heavy atom. The molecular weight excluding hydrogens is 489 g/mol. The van der Waals surface area contributed by atoms with E-state index < -0.39 is 11.9 Å². The Bertz CT molecular complexity index is 722. The Morgan fingerprint density at radius 1 is 0.741 bits per heavy atom. The van der Waals surface area contributed by atoms with Crippen molar-refractivity contribution < 1.29 is 45.8 Å². The van der Waals surface area contributed by atoms with Crippen LogP contribution in [0.4, 0.5) is 0 Å². The number of carbonyl (C=O) groups is 2. The quantitative estimate of drug-likeness (QED) is 0.444. The number of aromatic hydroxyl groups is 2. The van der Waals surface area contributed by atoms with Crippen molar-refractivity contribution in [3.63, 3.8) is 0 Å². The fourth-order valence-corrected chi connectivity index (χ4v) is 2.46. The zero-order chi connectivity index (χ0) is 19.7. The first-order chi connectivity index (χ1) is 12.2. The second kappa shape index (κ2) is 12.9. The van der Waals surface area contributed by atoms with Gasteiger partial charge in [-0.3, -0.25) is 0 Å². The van der Waals surface area contributed by atoms with E-state index in [1.54, 1.807) is 24.3 Å². The Labute approximate surface area is 184 Å². The van der Waals surface area contributed by atoms with Crippen LogP contribution >= 0.6 is 46.4 Å². The zero-order valence-corrected chi connectivity index (χ0v) is 17.3. The maximum Gasteiger partial charge on any atom is 0.392 e. The normalized spacial score (nSPS) is 9.33. The van der Waals surface area contributed by atoms with Crippen molar-refractivity contribution in [2.45, 2.75) is 0 Å². The van der Waals surface area contributed by atoms with Crippen LogP contribution in [0, 0.1) is 0 Å². The smallest absolute Gasteiger partial charge is 0.392 e. The van der Waals surface area contributed by atoms with Crippen LogP contribution in [0.5, 0.6) is 11.5 Å². The van der Waals surface area contributed by atoms with Crippen LogP contribution in [-0.4, -0.2) is 44.8 Å². The molecule has 0 saturated heterocycles. The number of hydrogen-bond donors (Lipinski definition) is 2. The van der Waals surface area contributed by atoms with Gasteiger partial charge in [0.15, 0.2) is 0 Å². The summed E-state index contributed by atoms with van der Waals surface area (Å²) in [5, 5.41) is 18.4. The Hall–Kier alpha value is -1.37. The summed E-state index contributed by atoms with van der Waals surface area (Å²) in [6.45, 7) is -0.581. The summed E-state index contributed by atoms with van der Waals surface area (Å²) in [5.74, 6) is -1.11. The molecule has 27 heavy (non-hydrogen) atoms. The van der Waals surface area contributed by atoms with Gasteiger partial charge in [-0.15, -0.1) is 0 Å². The van der Waals surface area contributed by atoms with Crippen molar-refractivity contribution in [2.75, 3.05) is 13.2 Å². The summed E-state index contributed by atoms with van der Waals surface area (Å²) in [7, 11) is 0. The van der Waals surface area contributed by atoms with Gasteiger partial charge in [-0.2, -0.15) is 0 Å². The van der Waals surface area contributed by atoms with E-state index in [2.05, 4.69) is 9.47 Å². The molecule has 0 aromatic heterocycles. The van der Waals surface area contributed by atoms with Crippen LogP contribution in [0.3, 0.4) is 0 Å². The fraction of sp³-hybridized carbons (Fsp3) is 0.125. The molecule has 0 spiro atoms. The SMILES string of the molecule is O=C(O)C[OH+]c1ccc(Cl)cc1Cl.O=C(O)C[OH+]c1ccc(Cl)cc1Cl.[Ni]. The molecule has 2 aromatic rings. The van der Waals surface area contributed by atoms with Gasteiger partial charge in [0.2, 0.25) is 0 Å². The van der Waals surface area contributed by atoms with Crippen LogP contribution < -0.4 is 0 Å². The third-order valence-electron chi connectivity index (χ3n) is 2.59. The first kappa shape index (κ1) is 25.6. The molecule has 0 heterocycles. The molecule has 0 saturated carbocycles. The first-order valence-electron chi connectivity index (χ1n) is 6.87. The molecule has 0 fully saturated rings. The van der Waals surface area contributed by atoms with E-state index in [-0.39, 0.29) is 29.7 Å². The van der Waals surface area contributed by atoms with E-state index in [1.165, 1.54) is 12.1 Å². The molecule has 11 heteroatoms. The molecule has 0 unspecified atom stereocenters. The minimum atomic E-state index is -0.994. The zero-order valence-electron chi connectivity index (χ0n) is 13.3. The predicted molar refractivity (Wildman–Crippen MR) is 101 cm³/mol. The molecule has 0 amide bonds. The van der Waals surface area contributed by atoms with Gasteiger partial charge >= 0.3 is 11.9 Å². The molecule has 0 radical (unpaired) electrons. The van der Waals surface area contributed by atoms with Gasteiger partial charge < -0.3 is 19.7 Å². The van der Waals surface area contributed by atoms with Crippen LogP contribution in [0.25, 0.3) is 0 Å². The van der Waals surface area contributed by atoms with Crippen LogP contribution in [0.2, 0.25) is 20.1 Å². The van der Waals surface area contributed by atoms with Gasteiger partial charge in [0, 0.05) is 38.7 Å². The molecule has 6 nitrogen and oxygen atoms in total. The summed E-state index contributed by atoms with van der Waals surface area (Å²) in [6.07, 6.45) is 0. The van der Waals surface area contributed by atoms with Gasteiger partial charge in [0.05, 0.1) is 0 Å². The molecule has 0 aliphatic heterocycles. The van der Waals surface area contributed by atoms with Crippen molar-refractivity contribution in [1.82, 2.24) is 0 Å². The molecule has 2 aromatic carbocycles. The Kier molecular flexibility index (Phi) is 12.3. The maximum atomic E-state index is 10.2. The number of aliphatic hydroxyl groups is 2. The molecule has 0 aliphatic rings. The van der Waals surface area contributed by atoms with E-state index in [0.29, 0.717) is 31.6 Å². The topological polar surface area (TPSA) is 100 Å². The van der Waals surface area contributed by atoms with Crippen LogP contribution in [0.1, 0.15) is 0 Å². The summed E-state index contributed by atoms with van der Waals surface area (Å²) in [5.41, 5.74) is 0. The number of rotatable bonds is 6. The van der Waals surface area contributed by atoms with Gasteiger partial charge in [0.25, 0.3) is 24.7 Å². The molecule has 150 valence electrons. The third kappa shape index (κ3) is 10.5. The average molecular weight is 503 g/mol. The number of carboxylic acids is 2. The molecule has 0 bridgehead atoms. The van der Waals surface area contributed by atoms with E-state index in [1.807, 2.05) is 0 Å². The van der Waals surface area contributed by atoms with Crippen molar-refractivity contribution in [3.8, 4) is 11.5 Å². The molecule has 4 N–H and O–H groups in total. The number of halogens is 4. The van der Waals surface area contributed by atoms with E-state index in [0.717, 1.165) is 0 Å². The van der Waals surface area contributed by atoms with Crippen molar-refractivity contribution in [1.29, 1.82) is 0 Å². The van der Waals surface area contributed by atoms with Crippen LogP contribution in [-0.2, 0) is 26.1 Å². The molecule has 0 aliphatic carbocycles. The summed E-state index contributed by atoms with van der Waals surface area (Å²) < 4.78 is 7.51. The number of aliphatic carboxylic acids is 2. The monoisotopic (exact) mass is 500 g/mol. The third-order valence-corrected chi connectivity index (χ3v) is 3.66. The summed E-state index contributed by atoms with van der Waals surface area (Å²) in [4.78, 5) is 20.4. The van der Waals surface area contributed by atoms with Gasteiger partial charge in [0.1, 0.15) is 10.0 Å². The second-order valence-corrected chi connectivity index (χ2v) is 6.30. The predicted octanol–water partition coefficient (Wildman–Crippen LogP) is 4.64. The Morgan fingerprint density at radius 2 is 1.07 bits per heavy atom. The van der Waals surface area contributed by atoms with E-state index >= 15 is 0 Å². The van der Waals surface area contributed by atoms with Crippen molar-refractivity contribution in [2.24, 2.45) is 0 Å². The molecule has 0 atom stereocenters. The number of ether oxygens (including phenoxy) is 2. The van der Waals surface area contributed by atoms with Gasteiger partial charge in [-0.1, -0.05) is 46.4 Å². The number of hydrogen-bond acceptors (Lipinski definition) is 2. The van der Waals surface area contributed by atoms with E-state index in [4.69, 9.17) is 56.6 Å². The molecule has 2 rings (SSSR count). The fourth-order valence-electron chi connectivity index (χ4n) is 1.52. The van der Waals surface area contributed by atoms with Gasteiger partial charge in [-0.25, -0.2) is 9.59 Å². The first-order valence-corrected chi connectivity index (χ1v) is 8.39.